The summed E-state index contributed by atoms with van der Waals surface area (Å²) in [5.74, 6) is 0.0735. The number of hydrogen-bond acceptors (Lipinski definition) is 2. The van der Waals surface area contributed by atoms with Crippen LogP contribution in [-0.4, -0.2) is 23.8 Å². The summed E-state index contributed by atoms with van der Waals surface area (Å²) in [7, 11) is 1.77. The van der Waals surface area contributed by atoms with Crippen molar-refractivity contribution in [2.45, 2.75) is 25.8 Å². The number of hydrogen-bond donors (Lipinski definition) is 1. The molecule has 1 aliphatic rings. The van der Waals surface area contributed by atoms with Gasteiger partial charge in [-0.1, -0.05) is 29.8 Å². The van der Waals surface area contributed by atoms with Crippen LogP contribution in [0, 0.1) is 5.92 Å². The lowest BCUT2D eigenvalue weighted by Crippen LogP contribution is -2.29. The van der Waals surface area contributed by atoms with Gasteiger partial charge < -0.3 is 10.2 Å². The summed E-state index contributed by atoms with van der Waals surface area (Å²) in [6.45, 7) is 1.97. The zero-order valence-electron chi connectivity index (χ0n) is 14.3. The van der Waals surface area contributed by atoms with Gasteiger partial charge in [-0.15, -0.1) is 0 Å². The summed E-state index contributed by atoms with van der Waals surface area (Å²) in [6.07, 6.45) is 1.90. The molecule has 1 aliphatic carbocycles. The topological polar surface area (TPSA) is 49.4 Å². The van der Waals surface area contributed by atoms with Gasteiger partial charge in [0.2, 0.25) is 5.91 Å². The Balaban J connectivity index is 1.72. The summed E-state index contributed by atoms with van der Waals surface area (Å²) in [5.41, 5.74) is 2.23. The van der Waals surface area contributed by atoms with E-state index in [-0.39, 0.29) is 23.8 Å². The molecule has 1 atom stereocenters. The standard InChI is InChI=1S/C20H21ClN2O2/c1-13(14-8-10-17(21)11-9-14)23(2)20(25)16-4-3-5-18(12-16)22-19(24)15-6-7-15/h3-5,8-13,15H,6-7H2,1-2H3,(H,22,24). The fourth-order valence-electron chi connectivity index (χ4n) is 2.66. The Bertz CT molecular complexity index is 785. The van der Waals surface area contributed by atoms with E-state index in [0.717, 1.165) is 18.4 Å². The number of amides is 2. The van der Waals surface area contributed by atoms with E-state index in [1.54, 1.807) is 36.2 Å². The minimum atomic E-state index is -0.0926. The highest BCUT2D eigenvalue weighted by Gasteiger charge is 2.29. The van der Waals surface area contributed by atoms with Crippen molar-refractivity contribution in [1.82, 2.24) is 4.90 Å². The first-order valence-corrected chi connectivity index (χ1v) is 8.77. The fraction of sp³-hybridized carbons (Fsp3) is 0.300. The van der Waals surface area contributed by atoms with E-state index in [1.807, 2.05) is 31.2 Å². The molecule has 0 spiro atoms. The lowest BCUT2D eigenvalue weighted by atomic mass is 10.1. The summed E-state index contributed by atoms with van der Waals surface area (Å²) < 4.78 is 0. The lowest BCUT2D eigenvalue weighted by Gasteiger charge is -2.25. The van der Waals surface area contributed by atoms with E-state index in [2.05, 4.69) is 5.32 Å². The van der Waals surface area contributed by atoms with Gasteiger partial charge in [0.05, 0.1) is 6.04 Å². The average Bonchev–Trinajstić information content (AvgIpc) is 3.46. The van der Waals surface area contributed by atoms with Crippen molar-refractivity contribution >= 4 is 29.1 Å². The van der Waals surface area contributed by atoms with Gasteiger partial charge in [0.25, 0.3) is 5.91 Å². The monoisotopic (exact) mass is 356 g/mol. The SMILES string of the molecule is CC(c1ccc(Cl)cc1)N(C)C(=O)c1cccc(NC(=O)C2CC2)c1. The molecule has 0 bridgehead atoms. The van der Waals surface area contributed by atoms with E-state index in [4.69, 9.17) is 11.6 Å². The third-order valence-corrected chi connectivity index (χ3v) is 4.83. The minimum absolute atomic E-state index is 0.0347. The maximum absolute atomic E-state index is 12.8. The summed E-state index contributed by atoms with van der Waals surface area (Å²) >= 11 is 5.92. The Morgan fingerprint density at radius 2 is 1.84 bits per heavy atom. The predicted octanol–water partition coefficient (Wildman–Crippen LogP) is 4.52. The van der Waals surface area contributed by atoms with Gasteiger partial charge in [0.1, 0.15) is 0 Å². The smallest absolute Gasteiger partial charge is 0.254 e. The maximum Gasteiger partial charge on any atom is 0.254 e. The number of rotatable bonds is 5. The molecule has 4 nitrogen and oxygen atoms in total. The molecule has 130 valence electrons. The molecule has 0 saturated heterocycles. The molecule has 3 rings (SSSR count). The van der Waals surface area contributed by atoms with Crippen molar-refractivity contribution in [3.8, 4) is 0 Å². The van der Waals surface area contributed by atoms with Gasteiger partial charge in [0, 0.05) is 29.2 Å². The van der Waals surface area contributed by atoms with Crippen molar-refractivity contribution in [3.63, 3.8) is 0 Å². The summed E-state index contributed by atoms with van der Waals surface area (Å²) in [5, 5.41) is 3.55. The Labute approximate surface area is 152 Å². The molecule has 5 heteroatoms. The third-order valence-electron chi connectivity index (χ3n) is 4.58. The van der Waals surface area contributed by atoms with E-state index in [9.17, 15) is 9.59 Å². The predicted molar refractivity (Wildman–Crippen MR) is 99.8 cm³/mol. The first kappa shape index (κ1) is 17.5. The minimum Gasteiger partial charge on any atom is -0.335 e. The average molecular weight is 357 g/mol. The molecular weight excluding hydrogens is 336 g/mol. The van der Waals surface area contributed by atoms with E-state index in [0.29, 0.717) is 16.3 Å². The molecule has 2 amide bonds. The van der Waals surface area contributed by atoms with Crippen LogP contribution < -0.4 is 5.32 Å². The molecular formula is C20H21ClN2O2. The molecule has 1 N–H and O–H groups in total. The second-order valence-electron chi connectivity index (χ2n) is 6.49. The summed E-state index contributed by atoms with van der Waals surface area (Å²) in [6, 6.07) is 14.5. The van der Waals surface area contributed by atoms with E-state index >= 15 is 0 Å². The number of anilines is 1. The van der Waals surface area contributed by atoms with Gasteiger partial charge in [-0.25, -0.2) is 0 Å². The van der Waals surface area contributed by atoms with Crippen LogP contribution in [0.15, 0.2) is 48.5 Å². The van der Waals surface area contributed by atoms with Crippen LogP contribution in [0.25, 0.3) is 0 Å². The molecule has 0 aromatic heterocycles. The molecule has 0 radical (unpaired) electrons. The maximum atomic E-state index is 12.8. The highest BCUT2D eigenvalue weighted by molar-refractivity contribution is 6.30. The van der Waals surface area contributed by atoms with Crippen LogP contribution in [0.4, 0.5) is 5.69 Å². The molecule has 1 unspecified atom stereocenters. The number of nitrogens with zero attached hydrogens (tertiary/aromatic N) is 1. The summed E-state index contributed by atoms with van der Waals surface area (Å²) in [4.78, 5) is 26.4. The van der Waals surface area contributed by atoms with Gasteiger partial charge in [-0.2, -0.15) is 0 Å². The normalized spacial score (nSPS) is 14.7. The second-order valence-corrected chi connectivity index (χ2v) is 6.92. The zero-order valence-corrected chi connectivity index (χ0v) is 15.1. The Morgan fingerprint density at radius 1 is 1.16 bits per heavy atom. The van der Waals surface area contributed by atoms with Crippen LogP contribution in [0.5, 0.6) is 0 Å². The van der Waals surface area contributed by atoms with Crippen molar-refractivity contribution in [3.05, 3.63) is 64.7 Å². The lowest BCUT2D eigenvalue weighted by molar-refractivity contribution is -0.117. The number of carbonyl (C=O) groups is 2. The zero-order chi connectivity index (χ0) is 18.0. The molecule has 2 aromatic carbocycles. The van der Waals surface area contributed by atoms with Crippen LogP contribution >= 0.6 is 11.6 Å². The van der Waals surface area contributed by atoms with Crippen molar-refractivity contribution in [2.75, 3.05) is 12.4 Å². The fourth-order valence-corrected chi connectivity index (χ4v) is 2.79. The van der Waals surface area contributed by atoms with Crippen LogP contribution in [-0.2, 0) is 4.79 Å². The van der Waals surface area contributed by atoms with Gasteiger partial charge >= 0.3 is 0 Å². The number of carbonyl (C=O) groups excluding carboxylic acids is 2. The Hall–Kier alpha value is -2.33. The second kappa shape index (κ2) is 7.28. The molecule has 0 aliphatic heterocycles. The molecule has 0 heterocycles. The van der Waals surface area contributed by atoms with Crippen molar-refractivity contribution < 1.29 is 9.59 Å². The number of halogens is 1. The van der Waals surface area contributed by atoms with E-state index in [1.165, 1.54) is 0 Å². The van der Waals surface area contributed by atoms with Gasteiger partial charge in [-0.05, 0) is 55.7 Å². The third kappa shape index (κ3) is 4.20. The Morgan fingerprint density at radius 3 is 2.48 bits per heavy atom. The quantitative estimate of drug-likeness (QED) is 0.856. The van der Waals surface area contributed by atoms with Crippen LogP contribution in [0.2, 0.25) is 5.02 Å². The van der Waals surface area contributed by atoms with Crippen molar-refractivity contribution in [1.29, 1.82) is 0 Å². The molecule has 1 saturated carbocycles. The Kier molecular flexibility index (Phi) is 5.09. The number of benzene rings is 2. The van der Waals surface area contributed by atoms with Gasteiger partial charge in [0.15, 0.2) is 0 Å². The highest BCUT2D eigenvalue weighted by atomic mass is 35.5. The van der Waals surface area contributed by atoms with Gasteiger partial charge in [-0.3, -0.25) is 9.59 Å². The number of nitrogens with one attached hydrogen (secondary N) is 1. The molecule has 2 aromatic rings. The van der Waals surface area contributed by atoms with Crippen LogP contribution in [0.1, 0.15) is 41.7 Å². The first-order valence-electron chi connectivity index (χ1n) is 8.39. The molecule has 1 fully saturated rings. The largest absolute Gasteiger partial charge is 0.335 e. The van der Waals surface area contributed by atoms with E-state index < -0.39 is 0 Å². The molecule has 25 heavy (non-hydrogen) atoms. The highest BCUT2D eigenvalue weighted by Crippen LogP contribution is 2.30. The van der Waals surface area contributed by atoms with Crippen molar-refractivity contribution in [2.24, 2.45) is 5.92 Å². The first-order chi connectivity index (χ1) is 12.0. The van der Waals surface area contributed by atoms with Crippen LogP contribution in [0.3, 0.4) is 0 Å².